The van der Waals surface area contributed by atoms with Crippen molar-refractivity contribution in [1.82, 2.24) is 14.9 Å². The summed E-state index contributed by atoms with van der Waals surface area (Å²) in [5.41, 5.74) is 6.50. The van der Waals surface area contributed by atoms with Gasteiger partial charge in [-0.3, -0.25) is 13.3 Å². The predicted octanol–water partition coefficient (Wildman–Crippen LogP) is 2.76. The summed E-state index contributed by atoms with van der Waals surface area (Å²) in [5, 5.41) is 2.04. The van der Waals surface area contributed by atoms with Crippen molar-refractivity contribution >= 4 is 72.8 Å². The minimum absolute atomic E-state index is 0.0104. The van der Waals surface area contributed by atoms with Gasteiger partial charge in [-0.05, 0) is 35.6 Å². The van der Waals surface area contributed by atoms with Gasteiger partial charge >= 0.3 is 5.97 Å². The molecule has 2 aromatic heterocycles. The lowest BCUT2D eigenvalue weighted by atomic mass is 10.0. The standard InChI is InChI=1S/C24H25ClF2N6O5S2/c1-38-22(35)18(9-14-8-13-2-5-29-20(28)15(13)10-16(14)25)32-6-3-17(21(32)34)33(40(36)37)19-11-30-23(39-19)31-7-4-24(26,27)12-31/h2,5,8,10-11,17-18H,3-4,6-7,9,12H2,1H3,(H2,28,29)(H,36,37)/p-1/t17-,18+/m0/s1. The molecule has 11 nitrogen and oxygen atoms in total. The van der Waals surface area contributed by atoms with Crippen molar-refractivity contribution < 1.29 is 31.9 Å². The lowest BCUT2D eigenvalue weighted by Gasteiger charge is -2.31. The van der Waals surface area contributed by atoms with Gasteiger partial charge in [-0.15, -0.1) is 0 Å². The Labute approximate surface area is 239 Å². The number of nitrogens with zero attached hydrogens (tertiary/aromatic N) is 5. The molecule has 16 heteroatoms. The first-order valence-corrected chi connectivity index (χ1v) is 14.4. The van der Waals surface area contributed by atoms with Gasteiger partial charge < -0.3 is 24.8 Å². The number of alkyl halides is 2. The first-order chi connectivity index (χ1) is 19.0. The Morgan fingerprint density at radius 3 is 2.85 bits per heavy atom. The minimum Gasteiger partial charge on any atom is -0.755 e. The van der Waals surface area contributed by atoms with Crippen molar-refractivity contribution in [2.24, 2.45) is 0 Å². The Bertz CT molecular complexity index is 1490. The van der Waals surface area contributed by atoms with Gasteiger partial charge in [0, 0.05) is 53.8 Å². The lowest BCUT2D eigenvalue weighted by molar-refractivity contribution is -0.151. The molecule has 5 rings (SSSR count). The number of benzene rings is 1. The first-order valence-electron chi connectivity index (χ1n) is 12.2. The summed E-state index contributed by atoms with van der Waals surface area (Å²) >= 11 is 4.52. The van der Waals surface area contributed by atoms with Crippen LogP contribution in [0, 0.1) is 0 Å². The molecule has 4 heterocycles. The highest BCUT2D eigenvalue weighted by Gasteiger charge is 2.44. The molecular formula is C24H24ClF2N6O5S2-. The van der Waals surface area contributed by atoms with E-state index in [9.17, 15) is 27.1 Å². The van der Waals surface area contributed by atoms with Crippen molar-refractivity contribution in [3.05, 3.63) is 41.2 Å². The number of anilines is 3. The van der Waals surface area contributed by atoms with E-state index >= 15 is 0 Å². The number of pyridine rings is 1. The van der Waals surface area contributed by atoms with Crippen LogP contribution >= 0.6 is 22.9 Å². The summed E-state index contributed by atoms with van der Waals surface area (Å²) in [6.07, 6.45) is 2.56. The van der Waals surface area contributed by atoms with Gasteiger partial charge in [-0.25, -0.2) is 23.5 Å². The Morgan fingerprint density at radius 1 is 1.40 bits per heavy atom. The SMILES string of the molecule is COC(=O)[C@@H](Cc1cc2ccnc(N)c2cc1Cl)N1CC[C@H](N(c2cnc(N3CCC(F)(F)C3)s2)S(=O)[O-])C1=O. The number of methoxy groups -OCH3 is 1. The topological polar surface area (TPSA) is 145 Å². The smallest absolute Gasteiger partial charge is 0.328 e. The van der Waals surface area contributed by atoms with E-state index in [1.807, 2.05) is 0 Å². The van der Waals surface area contributed by atoms with Crippen molar-refractivity contribution in [2.75, 3.05) is 41.7 Å². The number of aromatic nitrogens is 2. The Kier molecular flexibility index (Phi) is 7.83. The number of nitrogen functional groups attached to an aromatic ring is 1. The Hall–Kier alpha value is -3.14. The number of hydrogen-bond donors (Lipinski definition) is 1. The van der Waals surface area contributed by atoms with E-state index in [2.05, 4.69) is 9.97 Å². The number of thiazole rings is 1. The molecule has 3 aromatic rings. The summed E-state index contributed by atoms with van der Waals surface area (Å²) in [5.74, 6) is -3.85. The van der Waals surface area contributed by atoms with Crippen molar-refractivity contribution in [3.63, 3.8) is 0 Å². The van der Waals surface area contributed by atoms with Crippen LogP contribution in [0.15, 0.2) is 30.6 Å². The molecule has 3 atom stereocenters. The zero-order valence-electron chi connectivity index (χ0n) is 21.1. The lowest BCUT2D eigenvalue weighted by Crippen LogP contribution is -2.49. The third kappa shape index (κ3) is 5.42. The van der Waals surface area contributed by atoms with E-state index in [1.165, 1.54) is 23.1 Å². The van der Waals surface area contributed by atoms with E-state index in [0.29, 0.717) is 21.8 Å². The van der Waals surface area contributed by atoms with Crippen LogP contribution in [-0.2, 0) is 32.0 Å². The number of ether oxygens (including phenoxy) is 1. The highest BCUT2D eigenvalue weighted by atomic mass is 35.5. The number of esters is 1. The molecule has 2 aliphatic heterocycles. The first kappa shape index (κ1) is 28.4. The molecule has 2 fully saturated rings. The zero-order valence-corrected chi connectivity index (χ0v) is 23.5. The molecule has 0 saturated carbocycles. The van der Waals surface area contributed by atoms with Gasteiger partial charge in [0.2, 0.25) is 5.91 Å². The van der Waals surface area contributed by atoms with Gasteiger partial charge in [-0.2, -0.15) is 0 Å². The molecule has 2 aliphatic rings. The summed E-state index contributed by atoms with van der Waals surface area (Å²) in [7, 11) is 1.20. The third-order valence-corrected chi connectivity index (χ3v) is 9.32. The second-order valence-electron chi connectivity index (χ2n) is 9.49. The van der Waals surface area contributed by atoms with Crippen LogP contribution in [0.2, 0.25) is 5.02 Å². The Morgan fingerprint density at radius 2 is 2.17 bits per heavy atom. The second kappa shape index (κ2) is 11.0. The molecule has 214 valence electrons. The molecule has 2 saturated heterocycles. The predicted molar refractivity (Wildman–Crippen MR) is 146 cm³/mol. The average Bonchev–Trinajstić information content (AvgIpc) is 3.62. The molecule has 0 spiro atoms. The maximum atomic E-state index is 13.7. The van der Waals surface area contributed by atoms with E-state index in [4.69, 9.17) is 22.1 Å². The van der Waals surface area contributed by atoms with Crippen LogP contribution in [0.3, 0.4) is 0 Å². The van der Waals surface area contributed by atoms with E-state index < -0.39 is 47.7 Å². The van der Waals surface area contributed by atoms with Crippen LogP contribution in [0.4, 0.5) is 24.7 Å². The quantitative estimate of drug-likeness (QED) is 0.299. The van der Waals surface area contributed by atoms with Gasteiger partial charge in [0.1, 0.15) is 22.9 Å². The van der Waals surface area contributed by atoms with E-state index in [-0.39, 0.29) is 42.5 Å². The summed E-state index contributed by atoms with van der Waals surface area (Å²) in [6.45, 7) is -0.362. The molecule has 0 bridgehead atoms. The van der Waals surface area contributed by atoms with Crippen LogP contribution < -0.4 is 14.9 Å². The molecular weight excluding hydrogens is 590 g/mol. The average molecular weight is 614 g/mol. The van der Waals surface area contributed by atoms with Crippen LogP contribution in [0.5, 0.6) is 0 Å². The highest BCUT2D eigenvalue weighted by Crippen LogP contribution is 2.38. The fourth-order valence-electron chi connectivity index (χ4n) is 5.03. The number of hydrogen-bond acceptors (Lipinski definition) is 10. The molecule has 2 N–H and O–H groups in total. The number of amides is 1. The number of nitrogens with two attached hydrogens (primary N) is 1. The number of carbonyl (C=O) groups excluding carboxylic acids is 2. The summed E-state index contributed by atoms with van der Waals surface area (Å²) in [6, 6.07) is 2.89. The zero-order chi connectivity index (χ0) is 28.8. The molecule has 1 amide bonds. The van der Waals surface area contributed by atoms with Gasteiger partial charge in [-0.1, -0.05) is 22.9 Å². The second-order valence-corrected chi connectivity index (χ2v) is 11.7. The monoisotopic (exact) mass is 613 g/mol. The number of halogens is 3. The van der Waals surface area contributed by atoms with Crippen LogP contribution in [-0.4, -0.2) is 80.3 Å². The van der Waals surface area contributed by atoms with Gasteiger partial charge in [0.15, 0.2) is 5.13 Å². The minimum atomic E-state index is -2.88. The van der Waals surface area contributed by atoms with Crippen molar-refractivity contribution in [3.8, 4) is 0 Å². The molecule has 0 radical (unpaired) electrons. The maximum Gasteiger partial charge on any atom is 0.328 e. The number of carbonyl (C=O) groups is 2. The number of rotatable bonds is 8. The van der Waals surface area contributed by atoms with Crippen molar-refractivity contribution in [2.45, 2.75) is 37.3 Å². The molecule has 0 aliphatic carbocycles. The van der Waals surface area contributed by atoms with Gasteiger partial charge in [0.25, 0.3) is 5.92 Å². The Balaban J connectivity index is 1.39. The molecule has 1 unspecified atom stereocenters. The highest BCUT2D eigenvalue weighted by molar-refractivity contribution is 7.81. The van der Waals surface area contributed by atoms with Crippen molar-refractivity contribution in [1.29, 1.82) is 0 Å². The number of likely N-dealkylation sites (tertiary alicyclic amines) is 1. The molecule has 40 heavy (non-hydrogen) atoms. The van der Waals surface area contributed by atoms with Crippen LogP contribution in [0.1, 0.15) is 18.4 Å². The van der Waals surface area contributed by atoms with E-state index in [0.717, 1.165) is 21.0 Å². The van der Waals surface area contributed by atoms with Gasteiger partial charge in [0.05, 0.1) is 19.9 Å². The maximum absolute atomic E-state index is 13.7. The number of fused-ring (bicyclic) bond motifs is 1. The molecule has 1 aromatic carbocycles. The normalized spacial score (nSPS) is 20.2. The summed E-state index contributed by atoms with van der Waals surface area (Å²) in [4.78, 5) is 37.3. The van der Waals surface area contributed by atoms with Crippen LogP contribution in [0.25, 0.3) is 10.8 Å². The fourth-order valence-corrected chi connectivity index (χ4v) is 7.07. The summed E-state index contributed by atoms with van der Waals surface area (Å²) < 4.78 is 57.8. The van der Waals surface area contributed by atoms with E-state index in [1.54, 1.807) is 24.4 Å². The largest absolute Gasteiger partial charge is 0.755 e. The third-order valence-electron chi connectivity index (χ3n) is 7.02. The fraction of sp³-hybridized carbons (Fsp3) is 0.417.